The minimum absolute atomic E-state index is 0.00724. The molecule has 0 bridgehead atoms. The van der Waals surface area contributed by atoms with Crippen LogP contribution in [0.4, 0.5) is 0 Å². The Labute approximate surface area is 156 Å². The van der Waals surface area contributed by atoms with Crippen LogP contribution < -0.4 is 0 Å². The third kappa shape index (κ3) is 5.08. The highest BCUT2D eigenvalue weighted by Gasteiger charge is 2.50. The normalized spacial score (nSPS) is 31.2. The number of hydrogen-bond donors (Lipinski definition) is 0. The van der Waals surface area contributed by atoms with Crippen molar-refractivity contribution in [2.45, 2.75) is 76.9 Å². The van der Waals surface area contributed by atoms with Gasteiger partial charge < -0.3 is 14.2 Å². The number of fused-ring (bicyclic) bond motifs is 1. The van der Waals surface area contributed by atoms with E-state index in [0.29, 0.717) is 31.8 Å². The van der Waals surface area contributed by atoms with Crippen molar-refractivity contribution in [1.29, 1.82) is 0 Å². The summed E-state index contributed by atoms with van der Waals surface area (Å²) in [6.45, 7) is 2.71. The molecule has 0 amide bonds. The number of carbonyl (C=O) groups excluding carboxylic acids is 2. The van der Waals surface area contributed by atoms with Crippen LogP contribution in [-0.2, 0) is 23.8 Å². The first-order valence-corrected chi connectivity index (χ1v) is 10.1. The zero-order valence-electron chi connectivity index (χ0n) is 15.7. The van der Waals surface area contributed by atoms with Gasteiger partial charge in [-0.2, -0.15) is 0 Å². The number of hydrogen-bond acceptors (Lipinski definition) is 5. The summed E-state index contributed by atoms with van der Waals surface area (Å²) in [5, 5.41) is 0. The Morgan fingerprint density at radius 1 is 1.27 bits per heavy atom. The molecule has 5 heteroatoms. The maximum atomic E-state index is 12.2. The third-order valence-corrected chi connectivity index (χ3v) is 5.94. The molecule has 2 saturated carbocycles. The second-order valence-corrected chi connectivity index (χ2v) is 7.71. The Morgan fingerprint density at radius 2 is 2.08 bits per heavy atom. The van der Waals surface area contributed by atoms with Gasteiger partial charge >= 0.3 is 5.97 Å². The highest BCUT2D eigenvalue weighted by atomic mass is 16.7. The molecule has 0 aromatic carbocycles. The van der Waals surface area contributed by atoms with Crippen molar-refractivity contribution < 1.29 is 23.8 Å². The fourth-order valence-corrected chi connectivity index (χ4v) is 4.49. The van der Waals surface area contributed by atoms with E-state index < -0.39 is 0 Å². The van der Waals surface area contributed by atoms with Crippen LogP contribution in [-0.4, -0.2) is 37.4 Å². The smallest absolute Gasteiger partial charge is 0.306 e. The maximum Gasteiger partial charge on any atom is 0.306 e. The van der Waals surface area contributed by atoms with Crippen molar-refractivity contribution in [3.8, 4) is 11.8 Å². The van der Waals surface area contributed by atoms with Crippen LogP contribution in [0.5, 0.6) is 0 Å². The lowest BCUT2D eigenvalue weighted by Gasteiger charge is -2.20. The van der Waals surface area contributed by atoms with Gasteiger partial charge in [0.2, 0.25) is 5.78 Å². The molecule has 0 N–H and O–H groups in total. The molecule has 0 radical (unpaired) electrons. The fraction of sp³-hybridized carbons (Fsp3) is 0.810. The van der Waals surface area contributed by atoms with E-state index in [-0.39, 0.29) is 42.6 Å². The SMILES string of the molecule is CCOCO[C@@H]1C[C@@H]2OC(=O)C[C@@H]2[C@H]1C#CC(=O)CCC1CCCCC1. The lowest BCUT2D eigenvalue weighted by atomic mass is 9.85. The Morgan fingerprint density at radius 3 is 2.85 bits per heavy atom. The summed E-state index contributed by atoms with van der Waals surface area (Å²) in [7, 11) is 0. The van der Waals surface area contributed by atoms with Crippen LogP contribution in [0.25, 0.3) is 0 Å². The topological polar surface area (TPSA) is 61.8 Å². The predicted octanol–water partition coefficient (Wildman–Crippen LogP) is 3.25. The van der Waals surface area contributed by atoms with Crippen LogP contribution in [0.3, 0.4) is 0 Å². The van der Waals surface area contributed by atoms with E-state index >= 15 is 0 Å². The number of esters is 1. The quantitative estimate of drug-likeness (QED) is 0.229. The number of ketones is 1. The standard InChI is InChI=1S/C21H30O5/c1-2-24-14-25-19-13-20-18(12-21(23)26-20)17(19)11-10-16(22)9-8-15-6-4-3-5-7-15/h15,17-20H,2-9,12-14H2,1H3/t17-,18-,19-,20+/m1/s1. The molecule has 3 aliphatic rings. The average Bonchev–Trinajstić information content (AvgIpc) is 3.15. The zero-order valence-corrected chi connectivity index (χ0v) is 15.7. The van der Waals surface area contributed by atoms with Crippen LogP contribution in [0.2, 0.25) is 0 Å². The number of rotatable bonds is 7. The van der Waals surface area contributed by atoms with Crippen LogP contribution >= 0.6 is 0 Å². The van der Waals surface area contributed by atoms with E-state index in [0.717, 1.165) is 6.42 Å². The largest absolute Gasteiger partial charge is 0.462 e. The molecule has 1 aliphatic heterocycles. The molecule has 2 aliphatic carbocycles. The zero-order chi connectivity index (χ0) is 18.4. The number of carbonyl (C=O) groups is 2. The van der Waals surface area contributed by atoms with Gasteiger partial charge in [-0.05, 0) is 25.2 Å². The molecule has 0 spiro atoms. The van der Waals surface area contributed by atoms with E-state index in [1.807, 2.05) is 6.92 Å². The first kappa shape index (κ1) is 19.4. The second kappa shape index (κ2) is 9.53. The molecular formula is C21H30O5. The first-order chi connectivity index (χ1) is 12.7. The van der Waals surface area contributed by atoms with Gasteiger partial charge in [0.25, 0.3) is 0 Å². The Bertz CT molecular complexity index is 554. The molecule has 0 aromatic heterocycles. The third-order valence-electron chi connectivity index (χ3n) is 5.94. The molecule has 26 heavy (non-hydrogen) atoms. The molecule has 3 fully saturated rings. The van der Waals surface area contributed by atoms with Crippen molar-refractivity contribution in [2.24, 2.45) is 17.8 Å². The lowest BCUT2D eigenvalue weighted by molar-refractivity contribution is -0.143. The van der Waals surface area contributed by atoms with Crippen molar-refractivity contribution in [3.05, 3.63) is 0 Å². The van der Waals surface area contributed by atoms with Crippen LogP contribution in [0, 0.1) is 29.6 Å². The van der Waals surface area contributed by atoms with Gasteiger partial charge in [-0.3, -0.25) is 9.59 Å². The van der Waals surface area contributed by atoms with Gasteiger partial charge in [0.1, 0.15) is 12.9 Å². The molecule has 0 aromatic rings. The van der Waals surface area contributed by atoms with Crippen molar-refractivity contribution in [3.63, 3.8) is 0 Å². The summed E-state index contributed by atoms with van der Waals surface area (Å²) >= 11 is 0. The molecule has 4 atom stereocenters. The van der Waals surface area contributed by atoms with Gasteiger partial charge in [-0.15, -0.1) is 0 Å². The molecule has 0 unspecified atom stereocenters. The Kier molecular flexibility index (Phi) is 7.10. The summed E-state index contributed by atoms with van der Waals surface area (Å²) < 4.78 is 16.4. The molecular weight excluding hydrogens is 332 g/mol. The summed E-state index contributed by atoms with van der Waals surface area (Å²) in [6.07, 6.45) is 8.65. The monoisotopic (exact) mass is 362 g/mol. The van der Waals surface area contributed by atoms with E-state index in [1.165, 1.54) is 32.1 Å². The Hall–Kier alpha value is -1.38. The number of Topliss-reactive ketones (excluding diaryl/α,β-unsaturated/α-hetero) is 1. The minimum atomic E-state index is -0.168. The average molecular weight is 362 g/mol. The van der Waals surface area contributed by atoms with Crippen molar-refractivity contribution >= 4 is 11.8 Å². The summed E-state index contributed by atoms with van der Waals surface area (Å²) in [5.41, 5.74) is 0. The molecule has 1 saturated heterocycles. The highest BCUT2D eigenvalue weighted by molar-refractivity contribution is 5.95. The molecule has 3 rings (SSSR count). The summed E-state index contributed by atoms with van der Waals surface area (Å²) in [4.78, 5) is 23.8. The van der Waals surface area contributed by atoms with Crippen molar-refractivity contribution in [2.75, 3.05) is 13.4 Å². The van der Waals surface area contributed by atoms with Gasteiger partial charge in [-0.25, -0.2) is 0 Å². The second-order valence-electron chi connectivity index (χ2n) is 7.71. The van der Waals surface area contributed by atoms with E-state index in [2.05, 4.69) is 11.8 Å². The van der Waals surface area contributed by atoms with Gasteiger partial charge in [0.05, 0.1) is 18.4 Å². The molecule has 5 nitrogen and oxygen atoms in total. The van der Waals surface area contributed by atoms with E-state index in [4.69, 9.17) is 14.2 Å². The fourth-order valence-electron chi connectivity index (χ4n) is 4.49. The minimum Gasteiger partial charge on any atom is -0.462 e. The molecule has 144 valence electrons. The van der Waals surface area contributed by atoms with Crippen LogP contribution in [0.1, 0.15) is 64.7 Å². The van der Waals surface area contributed by atoms with Crippen molar-refractivity contribution in [1.82, 2.24) is 0 Å². The first-order valence-electron chi connectivity index (χ1n) is 10.1. The maximum absolute atomic E-state index is 12.2. The number of ether oxygens (including phenoxy) is 3. The molecule has 1 heterocycles. The highest BCUT2D eigenvalue weighted by Crippen LogP contribution is 2.42. The summed E-state index contributed by atoms with van der Waals surface area (Å²) in [6, 6.07) is 0. The van der Waals surface area contributed by atoms with Gasteiger partial charge in [0, 0.05) is 25.4 Å². The van der Waals surface area contributed by atoms with Gasteiger partial charge in [0.15, 0.2) is 0 Å². The van der Waals surface area contributed by atoms with E-state index in [9.17, 15) is 9.59 Å². The van der Waals surface area contributed by atoms with Gasteiger partial charge in [-0.1, -0.05) is 38.0 Å². The predicted molar refractivity (Wildman–Crippen MR) is 96.1 cm³/mol. The van der Waals surface area contributed by atoms with E-state index in [1.54, 1.807) is 0 Å². The Balaban J connectivity index is 1.54. The van der Waals surface area contributed by atoms with Crippen LogP contribution in [0.15, 0.2) is 0 Å². The lowest BCUT2D eigenvalue weighted by Crippen LogP contribution is -2.23. The summed E-state index contributed by atoms with van der Waals surface area (Å²) in [5.74, 6) is 6.39.